The van der Waals surface area contributed by atoms with Gasteiger partial charge < -0.3 is 9.47 Å². The van der Waals surface area contributed by atoms with Crippen molar-refractivity contribution in [2.75, 3.05) is 6.61 Å². The van der Waals surface area contributed by atoms with Gasteiger partial charge in [0, 0.05) is 22.8 Å². The van der Waals surface area contributed by atoms with Crippen LogP contribution in [0, 0.1) is 0 Å². The van der Waals surface area contributed by atoms with Gasteiger partial charge in [0.05, 0.1) is 6.61 Å². The zero-order chi connectivity index (χ0) is 20.1. The molecule has 3 heteroatoms. The van der Waals surface area contributed by atoms with Crippen molar-refractivity contribution in [3.8, 4) is 5.75 Å². The fourth-order valence-electron chi connectivity index (χ4n) is 3.55. The van der Waals surface area contributed by atoms with Crippen LogP contribution in [0.15, 0.2) is 66.7 Å². The van der Waals surface area contributed by atoms with Gasteiger partial charge in [0.15, 0.2) is 0 Å². The molecule has 146 valence electrons. The van der Waals surface area contributed by atoms with E-state index in [1.165, 1.54) is 0 Å². The fourth-order valence-corrected chi connectivity index (χ4v) is 3.55. The molecular formula is C25H28O3. The van der Waals surface area contributed by atoms with Gasteiger partial charge in [-0.2, -0.15) is 0 Å². The zero-order valence-electron chi connectivity index (χ0n) is 17.0. The summed E-state index contributed by atoms with van der Waals surface area (Å²) >= 11 is 0. The van der Waals surface area contributed by atoms with Crippen molar-refractivity contribution in [2.45, 2.75) is 45.6 Å². The molecule has 0 aromatic heterocycles. The van der Waals surface area contributed by atoms with Crippen LogP contribution in [-0.4, -0.2) is 18.2 Å². The Morgan fingerprint density at radius 1 is 0.964 bits per heavy atom. The van der Waals surface area contributed by atoms with Crippen LogP contribution in [0.25, 0.3) is 21.5 Å². The minimum atomic E-state index is -0.531. The smallest absolute Gasteiger partial charge is 0.333 e. The Morgan fingerprint density at radius 2 is 1.50 bits per heavy atom. The molecule has 0 aliphatic heterocycles. The molecule has 3 rings (SSSR count). The number of rotatable bonds is 8. The Balaban J connectivity index is 1.87. The van der Waals surface area contributed by atoms with Gasteiger partial charge >= 0.3 is 5.97 Å². The quantitative estimate of drug-likeness (QED) is 0.258. The third kappa shape index (κ3) is 4.04. The van der Waals surface area contributed by atoms with Crippen molar-refractivity contribution in [2.24, 2.45) is 0 Å². The van der Waals surface area contributed by atoms with Gasteiger partial charge in [-0.25, -0.2) is 4.79 Å². The van der Waals surface area contributed by atoms with E-state index in [0.29, 0.717) is 18.6 Å². The summed E-state index contributed by atoms with van der Waals surface area (Å²) in [4.78, 5) is 12.1. The summed E-state index contributed by atoms with van der Waals surface area (Å²) in [6.07, 6.45) is 2.11. The van der Waals surface area contributed by atoms with Gasteiger partial charge in [0.25, 0.3) is 0 Å². The minimum absolute atomic E-state index is 0.334. The maximum Gasteiger partial charge on any atom is 0.333 e. The van der Waals surface area contributed by atoms with E-state index >= 15 is 0 Å². The van der Waals surface area contributed by atoms with Gasteiger partial charge in [-0.1, -0.05) is 69.0 Å². The van der Waals surface area contributed by atoms with Crippen LogP contribution >= 0.6 is 0 Å². The highest BCUT2D eigenvalue weighted by atomic mass is 16.6. The highest BCUT2D eigenvalue weighted by Crippen LogP contribution is 2.35. The summed E-state index contributed by atoms with van der Waals surface area (Å²) in [6.45, 7) is 9.94. The molecule has 28 heavy (non-hydrogen) atoms. The Bertz CT molecular complexity index is 945. The molecule has 0 aliphatic rings. The normalized spacial score (nSPS) is 11.5. The maximum absolute atomic E-state index is 12.1. The second kappa shape index (κ2) is 8.47. The number of fused-ring (bicyclic) bond motifs is 2. The highest BCUT2D eigenvalue weighted by molar-refractivity contribution is 6.05. The topological polar surface area (TPSA) is 35.5 Å². The second-order valence-corrected chi connectivity index (χ2v) is 7.31. The van der Waals surface area contributed by atoms with Gasteiger partial charge in [-0.3, -0.25) is 0 Å². The van der Waals surface area contributed by atoms with Crippen LogP contribution in [-0.2, 0) is 9.53 Å². The molecule has 3 aromatic carbocycles. The third-order valence-electron chi connectivity index (χ3n) is 5.47. The van der Waals surface area contributed by atoms with E-state index < -0.39 is 5.60 Å². The molecule has 0 aliphatic carbocycles. The van der Waals surface area contributed by atoms with Crippen molar-refractivity contribution in [1.29, 1.82) is 0 Å². The molecule has 0 atom stereocenters. The van der Waals surface area contributed by atoms with Crippen molar-refractivity contribution in [1.82, 2.24) is 0 Å². The Kier molecular flexibility index (Phi) is 6.03. The van der Waals surface area contributed by atoms with Gasteiger partial charge in [0.1, 0.15) is 11.4 Å². The number of ether oxygens (including phenoxy) is 2. The summed E-state index contributed by atoms with van der Waals surface area (Å²) in [6, 6.07) is 18.7. The summed E-state index contributed by atoms with van der Waals surface area (Å²) in [7, 11) is 0. The molecule has 0 amide bonds. The number of esters is 1. The average molecular weight is 376 g/mol. The first-order valence-corrected chi connectivity index (χ1v) is 9.92. The molecule has 0 unspecified atom stereocenters. The zero-order valence-corrected chi connectivity index (χ0v) is 17.0. The van der Waals surface area contributed by atoms with E-state index in [0.717, 1.165) is 40.1 Å². The van der Waals surface area contributed by atoms with E-state index in [1.807, 2.05) is 38.1 Å². The number of carbonyl (C=O) groups excluding carboxylic acids is 1. The third-order valence-corrected chi connectivity index (χ3v) is 5.47. The number of benzene rings is 3. The Hall–Kier alpha value is -2.81. The lowest BCUT2D eigenvalue weighted by Crippen LogP contribution is -2.36. The molecular weight excluding hydrogens is 348 g/mol. The van der Waals surface area contributed by atoms with E-state index in [9.17, 15) is 4.79 Å². The van der Waals surface area contributed by atoms with E-state index in [-0.39, 0.29) is 5.97 Å². The second-order valence-electron chi connectivity index (χ2n) is 7.31. The molecule has 3 aromatic rings. The minimum Gasteiger partial charge on any atom is -0.492 e. The van der Waals surface area contributed by atoms with Crippen molar-refractivity contribution < 1.29 is 14.3 Å². The molecule has 0 N–H and O–H groups in total. The summed E-state index contributed by atoms with van der Waals surface area (Å²) in [5, 5.41) is 4.50. The standard InChI is InChI=1S/C25H28O3/c1-5-25(6-2,28-24(26)18(3)4)15-16-27-23-21-13-9-7-11-19(21)17-20-12-8-10-14-22(20)23/h7-14,17H,3,5-6,15-16H2,1-2,4H3. The van der Waals surface area contributed by atoms with Crippen molar-refractivity contribution in [3.05, 3.63) is 66.7 Å². The lowest BCUT2D eigenvalue weighted by molar-refractivity contribution is -0.157. The maximum atomic E-state index is 12.1. The number of carbonyl (C=O) groups is 1. The van der Waals surface area contributed by atoms with Gasteiger partial charge in [0.2, 0.25) is 0 Å². The predicted molar refractivity (Wildman–Crippen MR) is 116 cm³/mol. The number of hydrogen-bond acceptors (Lipinski definition) is 3. The lowest BCUT2D eigenvalue weighted by Gasteiger charge is -2.31. The van der Waals surface area contributed by atoms with Crippen LogP contribution in [0.1, 0.15) is 40.0 Å². The van der Waals surface area contributed by atoms with E-state index in [4.69, 9.17) is 9.47 Å². The average Bonchev–Trinajstić information content (AvgIpc) is 2.72. The Labute approximate surface area is 167 Å². The highest BCUT2D eigenvalue weighted by Gasteiger charge is 2.31. The van der Waals surface area contributed by atoms with Gasteiger partial charge in [-0.05, 0) is 36.6 Å². The Morgan fingerprint density at radius 3 is 2.00 bits per heavy atom. The van der Waals surface area contributed by atoms with E-state index in [2.05, 4.69) is 36.9 Å². The van der Waals surface area contributed by atoms with Crippen molar-refractivity contribution in [3.63, 3.8) is 0 Å². The van der Waals surface area contributed by atoms with E-state index in [1.54, 1.807) is 6.92 Å². The fraction of sp³-hybridized carbons (Fsp3) is 0.320. The largest absolute Gasteiger partial charge is 0.492 e. The van der Waals surface area contributed by atoms with Crippen LogP contribution < -0.4 is 4.74 Å². The molecule has 0 heterocycles. The van der Waals surface area contributed by atoms with Crippen molar-refractivity contribution >= 4 is 27.5 Å². The number of hydrogen-bond donors (Lipinski definition) is 0. The summed E-state index contributed by atoms with van der Waals surface area (Å²) < 4.78 is 12.1. The first-order valence-electron chi connectivity index (χ1n) is 9.92. The predicted octanol–water partition coefficient (Wildman–Crippen LogP) is 6.44. The van der Waals surface area contributed by atoms with Crippen LogP contribution in [0.3, 0.4) is 0 Å². The first-order chi connectivity index (χ1) is 13.5. The summed E-state index contributed by atoms with van der Waals surface area (Å²) in [5.41, 5.74) is -0.108. The monoisotopic (exact) mass is 376 g/mol. The van der Waals surface area contributed by atoms with Crippen LogP contribution in [0.2, 0.25) is 0 Å². The molecule has 0 bridgehead atoms. The molecule has 0 saturated carbocycles. The molecule has 0 radical (unpaired) electrons. The van der Waals surface area contributed by atoms with Crippen LogP contribution in [0.5, 0.6) is 5.75 Å². The lowest BCUT2D eigenvalue weighted by atomic mass is 9.93. The molecule has 3 nitrogen and oxygen atoms in total. The SMILES string of the molecule is C=C(C)C(=O)OC(CC)(CC)CCOc1c2ccccc2cc2ccccc12. The first kappa shape index (κ1) is 19.9. The molecule has 0 saturated heterocycles. The van der Waals surface area contributed by atoms with Crippen LogP contribution in [0.4, 0.5) is 0 Å². The molecule has 0 spiro atoms. The van der Waals surface area contributed by atoms with Gasteiger partial charge in [-0.15, -0.1) is 0 Å². The summed E-state index contributed by atoms with van der Waals surface area (Å²) in [5.74, 6) is 0.556. The molecule has 0 fully saturated rings.